The van der Waals surface area contributed by atoms with E-state index in [1.54, 1.807) is 11.1 Å². The van der Waals surface area contributed by atoms with Crippen molar-refractivity contribution in [1.29, 1.82) is 0 Å². The molecule has 3 aromatic carbocycles. The zero-order valence-electron chi connectivity index (χ0n) is 18.2. The third kappa shape index (κ3) is 3.60. The summed E-state index contributed by atoms with van der Waals surface area (Å²) in [7, 11) is -1.75. The average Bonchev–Trinajstić information content (AvgIpc) is 2.74. The van der Waals surface area contributed by atoms with E-state index in [0.29, 0.717) is 0 Å². The largest absolute Gasteiger partial charge is 0.112 e. The summed E-state index contributed by atoms with van der Waals surface area (Å²) in [5, 5.41) is 4.41. The quantitative estimate of drug-likeness (QED) is 0.434. The van der Waals surface area contributed by atoms with Gasteiger partial charge in [-0.05, 0) is 67.5 Å². The number of rotatable bonds is 4. The number of hydrogen-bond acceptors (Lipinski definition) is 0. The van der Waals surface area contributed by atoms with Crippen LogP contribution in [0.1, 0.15) is 45.6 Å². The Hall–Kier alpha value is -2.17. The fraction of sp³-hybridized carbons (Fsp3) is 0.286. The number of hydrogen-bond donors (Lipinski definition) is 0. The third-order valence-electron chi connectivity index (χ3n) is 6.66. The first-order valence-corrected chi connectivity index (χ1v) is 13.0. The number of benzene rings is 3. The molecule has 0 heterocycles. The first-order chi connectivity index (χ1) is 13.9. The maximum atomic E-state index is 2.50. The summed E-state index contributed by atoms with van der Waals surface area (Å²) < 4.78 is 0. The van der Waals surface area contributed by atoms with Crippen LogP contribution in [0.25, 0.3) is 5.57 Å². The Labute approximate surface area is 177 Å². The second-order valence-electron chi connectivity index (χ2n) is 9.09. The molecule has 0 fully saturated rings. The van der Waals surface area contributed by atoms with Gasteiger partial charge in [0, 0.05) is 5.56 Å². The molecular formula is C28H32P+. The van der Waals surface area contributed by atoms with Gasteiger partial charge in [-0.2, -0.15) is 0 Å². The Bertz CT molecular complexity index is 973. The van der Waals surface area contributed by atoms with E-state index >= 15 is 0 Å². The molecule has 0 saturated heterocycles. The zero-order valence-corrected chi connectivity index (χ0v) is 19.0. The highest BCUT2D eigenvalue weighted by Crippen LogP contribution is 2.55. The molecule has 0 atom stereocenters. The first-order valence-electron chi connectivity index (χ1n) is 10.7. The van der Waals surface area contributed by atoms with Crippen molar-refractivity contribution in [3.63, 3.8) is 0 Å². The van der Waals surface area contributed by atoms with Crippen molar-refractivity contribution >= 4 is 28.7 Å². The van der Waals surface area contributed by atoms with E-state index in [1.165, 1.54) is 40.7 Å². The van der Waals surface area contributed by atoms with Crippen LogP contribution in [0.2, 0.25) is 0 Å². The number of allylic oxidation sites excluding steroid dienone is 2. The van der Waals surface area contributed by atoms with Crippen LogP contribution in [0.15, 0.2) is 90.5 Å². The molecule has 0 aromatic heterocycles. The summed E-state index contributed by atoms with van der Waals surface area (Å²) in [5.41, 5.74) is 4.84. The molecule has 148 valence electrons. The van der Waals surface area contributed by atoms with Gasteiger partial charge in [0.1, 0.15) is 23.2 Å². The predicted molar refractivity (Wildman–Crippen MR) is 131 cm³/mol. The normalized spacial score (nSPS) is 16.7. The minimum absolute atomic E-state index is 0.219. The van der Waals surface area contributed by atoms with Crippen LogP contribution in [0.5, 0.6) is 0 Å². The molecule has 0 spiro atoms. The lowest BCUT2D eigenvalue weighted by Crippen LogP contribution is -2.33. The highest BCUT2D eigenvalue weighted by molar-refractivity contribution is 7.95. The molecule has 29 heavy (non-hydrogen) atoms. The Kier molecular flexibility index (Phi) is 5.50. The molecule has 0 aliphatic heterocycles. The SMILES string of the molecule is CC1=C(c2ccccc2[P+](C)(c2ccccc2)c2ccccc2)C(C)(C)CCC1. The Balaban J connectivity index is 2.02. The molecule has 1 aliphatic carbocycles. The molecule has 0 unspecified atom stereocenters. The summed E-state index contributed by atoms with van der Waals surface area (Å²) in [6.07, 6.45) is 3.78. The molecule has 0 nitrogen and oxygen atoms in total. The topological polar surface area (TPSA) is 0 Å². The van der Waals surface area contributed by atoms with Crippen molar-refractivity contribution in [2.75, 3.05) is 6.66 Å². The molecule has 0 saturated carbocycles. The predicted octanol–water partition coefficient (Wildman–Crippen LogP) is 6.59. The van der Waals surface area contributed by atoms with Gasteiger partial charge in [0.05, 0.1) is 6.66 Å². The van der Waals surface area contributed by atoms with Crippen molar-refractivity contribution in [3.8, 4) is 0 Å². The lowest BCUT2D eigenvalue weighted by Gasteiger charge is -2.36. The summed E-state index contributed by atoms with van der Waals surface area (Å²) in [4.78, 5) is 0. The van der Waals surface area contributed by atoms with Gasteiger partial charge in [-0.25, -0.2) is 0 Å². The van der Waals surface area contributed by atoms with Crippen LogP contribution in [0.3, 0.4) is 0 Å². The smallest absolute Gasteiger partial charge is 0.0688 e. The van der Waals surface area contributed by atoms with Crippen LogP contribution in [0, 0.1) is 5.41 Å². The van der Waals surface area contributed by atoms with Crippen molar-refractivity contribution in [2.45, 2.75) is 40.0 Å². The molecular weight excluding hydrogens is 367 g/mol. The standard InChI is InChI=1S/C28H32P/c1-22-14-13-21-28(2,3)27(22)25-19-11-12-20-26(25)29(4,23-15-7-5-8-16-23)24-17-9-6-10-18-24/h5-12,15-20H,13-14,21H2,1-4H3/q+1. The first kappa shape index (κ1) is 20.1. The zero-order chi connectivity index (χ0) is 20.5. The molecule has 0 bridgehead atoms. The van der Waals surface area contributed by atoms with E-state index in [1.807, 2.05) is 0 Å². The van der Waals surface area contributed by atoms with Crippen molar-refractivity contribution in [1.82, 2.24) is 0 Å². The lowest BCUT2D eigenvalue weighted by atomic mass is 9.70. The van der Waals surface area contributed by atoms with Gasteiger partial charge in [-0.1, -0.05) is 74.0 Å². The molecule has 0 N–H and O–H groups in total. The maximum absolute atomic E-state index is 2.50. The molecule has 0 amide bonds. The van der Waals surface area contributed by atoms with Crippen LogP contribution in [-0.2, 0) is 0 Å². The van der Waals surface area contributed by atoms with Crippen molar-refractivity contribution in [2.24, 2.45) is 5.41 Å². The van der Waals surface area contributed by atoms with Crippen LogP contribution in [0.4, 0.5) is 0 Å². The molecule has 4 rings (SSSR count). The van der Waals surface area contributed by atoms with Gasteiger partial charge in [-0.3, -0.25) is 0 Å². The van der Waals surface area contributed by atoms with E-state index in [4.69, 9.17) is 0 Å². The van der Waals surface area contributed by atoms with Crippen molar-refractivity contribution in [3.05, 3.63) is 96.1 Å². The van der Waals surface area contributed by atoms with E-state index in [2.05, 4.69) is 112 Å². The minimum atomic E-state index is -1.75. The Morgan fingerprint density at radius 3 is 1.79 bits per heavy atom. The van der Waals surface area contributed by atoms with E-state index in [-0.39, 0.29) is 5.41 Å². The van der Waals surface area contributed by atoms with E-state index < -0.39 is 7.26 Å². The van der Waals surface area contributed by atoms with Gasteiger partial charge < -0.3 is 0 Å². The van der Waals surface area contributed by atoms with Crippen molar-refractivity contribution < 1.29 is 0 Å². The molecule has 1 aliphatic rings. The van der Waals surface area contributed by atoms with Gasteiger partial charge in [0.2, 0.25) is 0 Å². The highest BCUT2D eigenvalue weighted by Gasteiger charge is 2.44. The summed E-state index contributed by atoms with van der Waals surface area (Å²) in [6, 6.07) is 31.5. The summed E-state index contributed by atoms with van der Waals surface area (Å²) >= 11 is 0. The fourth-order valence-electron chi connectivity index (χ4n) is 5.17. The maximum Gasteiger partial charge on any atom is 0.112 e. The van der Waals surface area contributed by atoms with E-state index in [9.17, 15) is 0 Å². The Morgan fingerprint density at radius 1 is 0.724 bits per heavy atom. The van der Waals surface area contributed by atoms with Crippen LogP contribution >= 0.6 is 7.26 Å². The summed E-state index contributed by atoms with van der Waals surface area (Å²) in [5.74, 6) is 0. The van der Waals surface area contributed by atoms with Gasteiger partial charge >= 0.3 is 0 Å². The third-order valence-corrected chi connectivity index (χ3v) is 10.7. The lowest BCUT2D eigenvalue weighted by molar-refractivity contribution is 0.417. The molecule has 1 heteroatoms. The molecule has 0 radical (unpaired) electrons. The summed E-state index contributed by atoms with van der Waals surface area (Å²) in [6.45, 7) is 9.72. The van der Waals surface area contributed by atoms with Gasteiger partial charge in [0.25, 0.3) is 0 Å². The van der Waals surface area contributed by atoms with Crippen LogP contribution < -0.4 is 15.9 Å². The highest BCUT2D eigenvalue weighted by atomic mass is 31.2. The van der Waals surface area contributed by atoms with Gasteiger partial charge in [0.15, 0.2) is 0 Å². The Morgan fingerprint density at radius 2 is 1.24 bits per heavy atom. The van der Waals surface area contributed by atoms with Crippen LogP contribution in [-0.4, -0.2) is 6.66 Å². The van der Waals surface area contributed by atoms with E-state index in [0.717, 1.165) is 0 Å². The monoisotopic (exact) mass is 399 g/mol. The minimum Gasteiger partial charge on any atom is -0.0688 e. The second kappa shape index (κ2) is 7.92. The average molecular weight is 400 g/mol. The second-order valence-corrected chi connectivity index (χ2v) is 12.6. The fourth-order valence-corrected chi connectivity index (χ4v) is 8.62. The molecule has 3 aromatic rings. The van der Waals surface area contributed by atoms with Gasteiger partial charge in [-0.15, -0.1) is 0 Å².